The van der Waals surface area contributed by atoms with Crippen LogP contribution in [0.4, 0.5) is 5.69 Å². The van der Waals surface area contributed by atoms with Crippen molar-refractivity contribution < 1.29 is 9.53 Å². The first-order valence-corrected chi connectivity index (χ1v) is 8.28. The number of aliphatic imine (C=N–C) groups is 1. The lowest BCUT2D eigenvalue weighted by Gasteiger charge is -2.06. The molecule has 1 aliphatic rings. The normalized spacial score (nSPS) is 19.0. The molecule has 1 aliphatic heterocycles. The van der Waals surface area contributed by atoms with Crippen molar-refractivity contribution in [1.29, 1.82) is 0 Å². The highest BCUT2D eigenvalue weighted by Crippen LogP contribution is 2.26. The molecule has 1 heterocycles. The van der Waals surface area contributed by atoms with Crippen LogP contribution in [-0.4, -0.2) is 23.4 Å². The fourth-order valence-corrected chi connectivity index (χ4v) is 3.33. The monoisotopic (exact) mass is 326 g/mol. The van der Waals surface area contributed by atoms with Gasteiger partial charge in [0.1, 0.15) is 5.75 Å². The molecular weight excluding hydrogens is 308 g/mol. The summed E-state index contributed by atoms with van der Waals surface area (Å²) >= 11 is 1.48. The maximum absolute atomic E-state index is 12.1. The van der Waals surface area contributed by atoms with Crippen LogP contribution in [0.1, 0.15) is 11.1 Å². The van der Waals surface area contributed by atoms with E-state index < -0.39 is 0 Å². The van der Waals surface area contributed by atoms with Crippen molar-refractivity contribution in [2.45, 2.75) is 18.6 Å². The maximum Gasteiger partial charge on any atom is 0.239 e. The summed E-state index contributed by atoms with van der Waals surface area (Å²) in [4.78, 5) is 16.6. The van der Waals surface area contributed by atoms with Gasteiger partial charge in [0.15, 0.2) is 5.17 Å². The topological polar surface area (TPSA) is 50.7 Å². The number of nitrogens with one attached hydrogen (secondary N) is 1. The Bertz CT molecular complexity index is 724. The maximum atomic E-state index is 12.1. The zero-order valence-electron chi connectivity index (χ0n) is 13.1. The van der Waals surface area contributed by atoms with Crippen LogP contribution in [0.3, 0.4) is 0 Å². The van der Waals surface area contributed by atoms with Crippen molar-refractivity contribution in [3.63, 3.8) is 0 Å². The number of carbonyl (C=O) groups is 1. The minimum atomic E-state index is -0.146. The van der Waals surface area contributed by atoms with Crippen LogP contribution in [0.15, 0.2) is 53.5 Å². The predicted octanol–water partition coefficient (Wildman–Crippen LogP) is 3.47. The SMILES string of the molecule is COc1ccc(CC2S/C(=N\c3ccc(C)cc3)NC2=O)cc1. The van der Waals surface area contributed by atoms with E-state index in [9.17, 15) is 4.79 Å². The molecule has 3 rings (SSSR count). The van der Waals surface area contributed by atoms with Gasteiger partial charge in [-0.25, -0.2) is 4.99 Å². The number of amidine groups is 1. The van der Waals surface area contributed by atoms with Crippen molar-refractivity contribution in [2.75, 3.05) is 7.11 Å². The second kappa shape index (κ2) is 6.87. The van der Waals surface area contributed by atoms with Gasteiger partial charge in [0.25, 0.3) is 0 Å². The highest BCUT2D eigenvalue weighted by atomic mass is 32.2. The molecule has 0 radical (unpaired) electrons. The zero-order chi connectivity index (χ0) is 16.2. The van der Waals surface area contributed by atoms with Crippen LogP contribution in [0, 0.1) is 6.92 Å². The van der Waals surface area contributed by atoms with E-state index in [1.165, 1.54) is 17.3 Å². The number of aryl methyl sites for hydroxylation is 1. The van der Waals surface area contributed by atoms with Gasteiger partial charge in [-0.1, -0.05) is 41.6 Å². The number of rotatable bonds is 4. The molecule has 0 bridgehead atoms. The number of hydrogen-bond acceptors (Lipinski definition) is 4. The number of thioether (sulfide) groups is 1. The molecule has 1 atom stereocenters. The van der Waals surface area contributed by atoms with E-state index in [1.807, 2.05) is 55.5 Å². The first-order chi connectivity index (χ1) is 11.1. The molecule has 1 unspecified atom stereocenters. The molecule has 0 spiro atoms. The van der Waals surface area contributed by atoms with Crippen molar-refractivity contribution in [2.24, 2.45) is 4.99 Å². The molecular formula is C18H18N2O2S. The largest absolute Gasteiger partial charge is 0.497 e. The van der Waals surface area contributed by atoms with Crippen molar-refractivity contribution >= 4 is 28.5 Å². The van der Waals surface area contributed by atoms with Crippen LogP contribution in [0.2, 0.25) is 0 Å². The predicted molar refractivity (Wildman–Crippen MR) is 94.5 cm³/mol. The molecule has 23 heavy (non-hydrogen) atoms. The van der Waals surface area contributed by atoms with Gasteiger partial charge >= 0.3 is 0 Å². The van der Waals surface area contributed by atoms with E-state index in [2.05, 4.69) is 10.3 Å². The van der Waals surface area contributed by atoms with Crippen molar-refractivity contribution in [3.05, 3.63) is 59.7 Å². The van der Waals surface area contributed by atoms with Crippen LogP contribution in [0.25, 0.3) is 0 Å². The van der Waals surface area contributed by atoms with E-state index in [-0.39, 0.29) is 11.2 Å². The Hall–Kier alpha value is -2.27. The summed E-state index contributed by atoms with van der Waals surface area (Å²) in [6, 6.07) is 15.7. The minimum absolute atomic E-state index is 0.0108. The van der Waals surface area contributed by atoms with Gasteiger partial charge in [-0.3, -0.25) is 4.79 Å². The van der Waals surface area contributed by atoms with Gasteiger partial charge in [0, 0.05) is 0 Å². The second-order valence-electron chi connectivity index (χ2n) is 5.40. The molecule has 118 valence electrons. The Morgan fingerprint density at radius 1 is 1.13 bits per heavy atom. The number of amides is 1. The number of ether oxygens (including phenoxy) is 1. The Morgan fingerprint density at radius 2 is 1.83 bits per heavy atom. The lowest BCUT2D eigenvalue weighted by atomic mass is 10.1. The summed E-state index contributed by atoms with van der Waals surface area (Å²) in [5.41, 5.74) is 3.15. The van der Waals surface area contributed by atoms with Crippen molar-refractivity contribution in [1.82, 2.24) is 5.32 Å². The van der Waals surface area contributed by atoms with E-state index in [0.29, 0.717) is 11.6 Å². The average Bonchev–Trinajstić information content (AvgIpc) is 2.90. The molecule has 1 N–H and O–H groups in total. The highest BCUT2D eigenvalue weighted by Gasteiger charge is 2.30. The van der Waals surface area contributed by atoms with Gasteiger partial charge in [-0.05, 0) is 43.2 Å². The number of benzene rings is 2. The summed E-state index contributed by atoms with van der Waals surface area (Å²) in [6.45, 7) is 2.04. The average molecular weight is 326 g/mol. The number of hydrogen-bond donors (Lipinski definition) is 1. The standard InChI is InChI=1S/C18H18N2O2S/c1-12-3-7-14(8-4-12)19-18-20-17(21)16(23-18)11-13-5-9-15(22-2)10-6-13/h3-10,16H,11H2,1-2H3,(H,19,20,21). The zero-order valence-corrected chi connectivity index (χ0v) is 13.9. The summed E-state index contributed by atoms with van der Waals surface area (Å²) in [7, 11) is 1.64. The minimum Gasteiger partial charge on any atom is -0.497 e. The van der Waals surface area contributed by atoms with E-state index in [0.717, 1.165) is 17.0 Å². The van der Waals surface area contributed by atoms with Gasteiger partial charge < -0.3 is 10.1 Å². The molecule has 1 saturated heterocycles. The van der Waals surface area contributed by atoms with E-state index in [4.69, 9.17) is 4.74 Å². The van der Waals surface area contributed by atoms with Crippen LogP contribution in [-0.2, 0) is 11.2 Å². The summed E-state index contributed by atoms with van der Waals surface area (Å²) < 4.78 is 5.15. The van der Waals surface area contributed by atoms with Crippen LogP contribution < -0.4 is 10.1 Å². The molecule has 0 saturated carbocycles. The van der Waals surface area contributed by atoms with Gasteiger partial charge in [0.05, 0.1) is 18.0 Å². The Balaban J connectivity index is 1.68. The first kappa shape index (κ1) is 15.6. The third-order valence-electron chi connectivity index (χ3n) is 3.62. The second-order valence-corrected chi connectivity index (χ2v) is 6.59. The lowest BCUT2D eigenvalue weighted by molar-refractivity contribution is -0.118. The Labute approximate surface area is 140 Å². The Kier molecular flexibility index (Phi) is 4.67. The smallest absolute Gasteiger partial charge is 0.239 e. The highest BCUT2D eigenvalue weighted by molar-refractivity contribution is 8.15. The lowest BCUT2D eigenvalue weighted by Crippen LogP contribution is -2.25. The summed E-state index contributed by atoms with van der Waals surface area (Å²) in [5, 5.41) is 3.38. The summed E-state index contributed by atoms with van der Waals surface area (Å²) in [5.74, 6) is 0.829. The number of nitrogens with zero attached hydrogens (tertiary/aromatic N) is 1. The fraction of sp³-hybridized carbons (Fsp3) is 0.222. The van der Waals surface area contributed by atoms with Crippen LogP contribution in [0.5, 0.6) is 5.75 Å². The fourth-order valence-electron chi connectivity index (χ4n) is 2.30. The van der Waals surface area contributed by atoms with Gasteiger partial charge in [-0.15, -0.1) is 0 Å². The van der Waals surface area contributed by atoms with Gasteiger partial charge in [0.2, 0.25) is 5.91 Å². The van der Waals surface area contributed by atoms with Crippen LogP contribution >= 0.6 is 11.8 Å². The quantitative estimate of drug-likeness (QED) is 0.936. The molecule has 5 heteroatoms. The van der Waals surface area contributed by atoms with E-state index >= 15 is 0 Å². The Morgan fingerprint density at radius 3 is 2.48 bits per heavy atom. The number of methoxy groups -OCH3 is 1. The molecule has 2 aromatic carbocycles. The molecule has 1 amide bonds. The third kappa shape index (κ3) is 3.93. The molecule has 1 fully saturated rings. The van der Waals surface area contributed by atoms with E-state index in [1.54, 1.807) is 7.11 Å². The molecule has 0 aliphatic carbocycles. The van der Waals surface area contributed by atoms with Gasteiger partial charge in [-0.2, -0.15) is 0 Å². The molecule has 4 nitrogen and oxygen atoms in total. The third-order valence-corrected chi connectivity index (χ3v) is 4.70. The molecule has 0 aromatic heterocycles. The first-order valence-electron chi connectivity index (χ1n) is 7.40. The summed E-state index contributed by atoms with van der Waals surface area (Å²) in [6.07, 6.45) is 0.674. The number of carbonyl (C=O) groups excluding carboxylic acids is 1. The molecule has 2 aromatic rings. The van der Waals surface area contributed by atoms with Crippen molar-refractivity contribution in [3.8, 4) is 5.75 Å².